The highest BCUT2D eigenvalue weighted by molar-refractivity contribution is 9.10. The smallest absolute Gasteiger partial charge is 0.142 e. The van der Waals surface area contributed by atoms with Crippen LogP contribution < -0.4 is 10.1 Å². The van der Waals surface area contributed by atoms with Crippen molar-refractivity contribution in [2.75, 3.05) is 11.9 Å². The number of hydrogen-bond acceptors (Lipinski definition) is 3. The molecule has 4 heteroatoms. The van der Waals surface area contributed by atoms with E-state index in [2.05, 4.69) is 39.4 Å². The number of benzene rings is 2. The van der Waals surface area contributed by atoms with Gasteiger partial charge in [-0.15, -0.1) is 0 Å². The summed E-state index contributed by atoms with van der Waals surface area (Å²) in [4.78, 5) is 0. The Kier molecular flexibility index (Phi) is 3.14. The summed E-state index contributed by atoms with van der Waals surface area (Å²) in [7, 11) is 0. The van der Waals surface area contributed by atoms with Crippen LogP contribution in [0.25, 0.3) is 0 Å². The average molecular weight is 315 g/mol. The Hall–Kier alpha value is -1.99. The van der Waals surface area contributed by atoms with Crippen LogP contribution in [0.3, 0.4) is 0 Å². The van der Waals surface area contributed by atoms with Crippen LogP contribution in [-0.2, 0) is 0 Å². The van der Waals surface area contributed by atoms with Crippen molar-refractivity contribution in [1.82, 2.24) is 0 Å². The zero-order chi connectivity index (χ0) is 13.2. The van der Waals surface area contributed by atoms with Crippen molar-refractivity contribution >= 4 is 21.6 Å². The Morgan fingerprint density at radius 3 is 2.95 bits per heavy atom. The van der Waals surface area contributed by atoms with Gasteiger partial charge < -0.3 is 10.1 Å². The molecule has 2 aromatic rings. The molecule has 0 aliphatic carbocycles. The molecule has 1 heterocycles. The predicted molar refractivity (Wildman–Crippen MR) is 77.2 cm³/mol. The molecule has 0 radical (unpaired) electrons. The number of hydrogen-bond donors (Lipinski definition) is 1. The number of ether oxygens (including phenoxy) is 1. The molecule has 1 aliphatic rings. The van der Waals surface area contributed by atoms with Crippen molar-refractivity contribution in [2.45, 2.75) is 6.04 Å². The highest BCUT2D eigenvalue weighted by Crippen LogP contribution is 2.34. The number of halogens is 1. The zero-order valence-electron chi connectivity index (χ0n) is 10.1. The van der Waals surface area contributed by atoms with Gasteiger partial charge in [-0.2, -0.15) is 5.26 Å². The van der Waals surface area contributed by atoms with E-state index >= 15 is 0 Å². The van der Waals surface area contributed by atoms with E-state index in [1.807, 2.05) is 24.3 Å². The van der Waals surface area contributed by atoms with E-state index in [4.69, 9.17) is 10.00 Å². The van der Waals surface area contributed by atoms with Crippen LogP contribution in [0.15, 0.2) is 46.9 Å². The van der Waals surface area contributed by atoms with Crippen LogP contribution in [0.5, 0.6) is 5.75 Å². The molecule has 0 amide bonds. The molecule has 0 bridgehead atoms. The molecule has 1 unspecified atom stereocenters. The zero-order valence-corrected chi connectivity index (χ0v) is 11.6. The Labute approximate surface area is 120 Å². The second-order valence-electron chi connectivity index (χ2n) is 4.39. The molecule has 0 saturated carbocycles. The van der Waals surface area contributed by atoms with E-state index in [1.54, 1.807) is 6.07 Å². The molecule has 1 atom stereocenters. The van der Waals surface area contributed by atoms with Crippen LogP contribution in [-0.4, -0.2) is 6.61 Å². The molecular formula is C15H11BrN2O. The third-order valence-electron chi connectivity index (χ3n) is 3.09. The van der Waals surface area contributed by atoms with Gasteiger partial charge in [0.25, 0.3) is 0 Å². The van der Waals surface area contributed by atoms with Crippen molar-refractivity contribution in [3.05, 3.63) is 58.1 Å². The van der Waals surface area contributed by atoms with Gasteiger partial charge in [0, 0.05) is 4.47 Å². The fraction of sp³-hybridized carbons (Fsp3) is 0.133. The van der Waals surface area contributed by atoms with E-state index in [1.165, 1.54) is 0 Å². The summed E-state index contributed by atoms with van der Waals surface area (Å²) in [5.74, 6) is 0.797. The normalized spacial score (nSPS) is 16.7. The largest absolute Gasteiger partial charge is 0.489 e. The summed E-state index contributed by atoms with van der Waals surface area (Å²) in [6.07, 6.45) is 0. The summed E-state index contributed by atoms with van der Waals surface area (Å²) in [6.45, 7) is 0.579. The first-order chi connectivity index (χ1) is 9.26. The Morgan fingerprint density at radius 2 is 2.16 bits per heavy atom. The van der Waals surface area contributed by atoms with Crippen molar-refractivity contribution in [3.63, 3.8) is 0 Å². The third kappa shape index (κ3) is 2.42. The fourth-order valence-electron chi connectivity index (χ4n) is 2.14. The molecule has 3 nitrogen and oxygen atoms in total. The van der Waals surface area contributed by atoms with Crippen molar-refractivity contribution in [1.29, 1.82) is 5.26 Å². The van der Waals surface area contributed by atoms with Crippen LogP contribution in [0.4, 0.5) is 5.69 Å². The summed E-state index contributed by atoms with van der Waals surface area (Å²) < 4.78 is 6.79. The van der Waals surface area contributed by atoms with Gasteiger partial charge in [0.15, 0.2) is 0 Å². The molecule has 19 heavy (non-hydrogen) atoms. The van der Waals surface area contributed by atoms with Gasteiger partial charge in [0.2, 0.25) is 0 Å². The lowest BCUT2D eigenvalue weighted by Gasteiger charge is -2.28. The minimum absolute atomic E-state index is 0.0962. The number of rotatable bonds is 1. The van der Waals surface area contributed by atoms with E-state index in [0.717, 1.165) is 21.5 Å². The van der Waals surface area contributed by atoms with Gasteiger partial charge >= 0.3 is 0 Å². The van der Waals surface area contributed by atoms with Crippen LogP contribution in [0.2, 0.25) is 0 Å². The first-order valence-electron chi connectivity index (χ1n) is 5.95. The van der Waals surface area contributed by atoms with Crippen LogP contribution in [0, 0.1) is 11.3 Å². The van der Waals surface area contributed by atoms with Crippen molar-refractivity contribution < 1.29 is 4.74 Å². The Balaban J connectivity index is 1.91. The van der Waals surface area contributed by atoms with E-state index in [0.29, 0.717) is 12.2 Å². The van der Waals surface area contributed by atoms with Crippen LogP contribution in [0.1, 0.15) is 17.2 Å². The lowest BCUT2D eigenvalue weighted by molar-refractivity contribution is 0.286. The SMILES string of the molecule is N#Cc1ccc2c(c1)NC(c1cccc(Br)c1)CO2. The van der Waals surface area contributed by atoms with Crippen molar-refractivity contribution in [3.8, 4) is 11.8 Å². The first kappa shape index (κ1) is 12.1. The molecule has 0 saturated heterocycles. The quantitative estimate of drug-likeness (QED) is 0.869. The number of nitrogens with one attached hydrogen (secondary N) is 1. The highest BCUT2D eigenvalue weighted by Gasteiger charge is 2.20. The first-order valence-corrected chi connectivity index (χ1v) is 6.74. The van der Waals surface area contributed by atoms with Gasteiger partial charge in [-0.05, 0) is 35.9 Å². The second kappa shape index (κ2) is 4.94. The van der Waals surface area contributed by atoms with E-state index < -0.39 is 0 Å². The van der Waals surface area contributed by atoms with Gasteiger partial charge in [0.05, 0.1) is 23.4 Å². The number of nitrogens with zero attached hydrogens (tertiary/aromatic N) is 1. The molecule has 1 aliphatic heterocycles. The maximum absolute atomic E-state index is 8.93. The lowest BCUT2D eigenvalue weighted by atomic mass is 10.1. The van der Waals surface area contributed by atoms with Gasteiger partial charge in [-0.25, -0.2) is 0 Å². The summed E-state index contributed by atoms with van der Waals surface area (Å²) in [5.41, 5.74) is 2.66. The van der Waals surface area contributed by atoms with Gasteiger partial charge in [-0.3, -0.25) is 0 Å². The maximum atomic E-state index is 8.93. The topological polar surface area (TPSA) is 45.0 Å². The Morgan fingerprint density at radius 1 is 1.26 bits per heavy atom. The average Bonchev–Trinajstić information content (AvgIpc) is 2.46. The molecule has 1 N–H and O–H groups in total. The van der Waals surface area contributed by atoms with Crippen LogP contribution >= 0.6 is 15.9 Å². The fourth-order valence-corrected chi connectivity index (χ4v) is 2.56. The standard InChI is InChI=1S/C15H11BrN2O/c16-12-3-1-2-11(7-12)14-9-19-15-5-4-10(8-17)6-13(15)18-14/h1-7,14,18H,9H2. The third-order valence-corrected chi connectivity index (χ3v) is 3.59. The lowest BCUT2D eigenvalue weighted by Crippen LogP contribution is -2.23. The van der Waals surface area contributed by atoms with Gasteiger partial charge in [0.1, 0.15) is 12.4 Å². The molecule has 0 spiro atoms. The summed E-state index contributed by atoms with van der Waals surface area (Å²) >= 11 is 3.47. The molecule has 94 valence electrons. The molecule has 0 aromatic heterocycles. The Bertz CT molecular complexity index is 663. The molecular weight excluding hydrogens is 304 g/mol. The molecule has 2 aromatic carbocycles. The molecule has 0 fully saturated rings. The number of fused-ring (bicyclic) bond motifs is 1. The minimum Gasteiger partial charge on any atom is -0.489 e. The minimum atomic E-state index is 0.0962. The number of nitriles is 1. The monoisotopic (exact) mass is 314 g/mol. The summed E-state index contributed by atoms with van der Waals surface area (Å²) in [6, 6.07) is 15.8. The summed E-state index contributed by atoms with van der Waals surface area (Å²) in [5, 5.41) is 12.4. The second-order valence-corrected chi connectivity index (χ2v) is 5.30. The predicted octanol–water partition coefficient (Wildman–Crippen LogP) is 3.87. The van der Waals surface area contributed by atoms with E-state index in [-0.39, 0.29) is 6.04 Å². The number of anilines is 1. The molecule has 3 rings (SSSR count). The van der Waals surface area contributed by atoms with E-state index in [9.17, 15) is 0 Å². The maximum Gasteiger partial charge on any atom is 0.142 e. The highest BCUT2D eigenvalue weighted by atomic mass is 79.9. The van der Waals surface area contributed by atoms with Crippen molar-refractivity contribution in [2.24, 2.45) is 0 Å². The van der Waals surface area contributed by atoms with Gasteiger partial charge in [-0.1, -0.05) is 28.1 Å².